The highest BCUT2D eigenvalue weighted by molar-refractivity contribution is 8.00. The van der Waals surface area contributed by atoms with E-state index in [9.17, 15) is 8.78 Å². The molecule has 0 aromatic heterocycles. The highest BCUT2D eigenvalue weighted by atomic mass is 32.2. The highest BCUT2D eigenvalue weighted by Crippen LogP contribution is 2.26. The zero-order valence-corrected chi connectivity index (χ0v) is 15.4. The van der Waals surface area contributed by atoms with Crippen LogP contribution in [-0.4, -0.2) is 50.2 Å². The number of rotatable bonds is 5. The van der Waals surface area contributed by atoms with E-state index in [4.69, 9.17) is 0 Å². The molecule has 1 aromatic rings. The molecule has 3 rings (SSSR count). The molecule has 0 bridgehead atoms. The number of aliphatic imine (C=N–C) groups is 1. The molecule has 1 aromatic carbocycles. The number of hydrogen-bond acceptors (Lipinski definition) is 3. The van der Waals surface area contributed by atoms with Crippen molar-refractivity contribution in [1.82, 2.24) is 10.6 Å². The van der Waals surface area contributed by atoms with Crippen LogP contribution >= 0.6 is 11.8 Å². The van der Waals surface area contributed by atoms with Crippen molar-refractivity contribution in [2.75, 3.05) is 43.9 Å². The molecule has 0 aliphatic carbocycles. The van der Waals surface area contributed by atoms with Gasteiger partial charge < -0.3 is 15.5 Å². The van der Waals surface area contributed by atoms with Crippen LogP contribution in [0, 0.1) is 17.6 Å². The lowest BCUT2D eigenvalue weighted by atomic mass is 10.1. The first-order valence-corrected chi connectivity index (χ1v) is 9.96. The third-order valence-corrected chi connectivity index (χ3v) is 6.26. The van der Waals surface area contributed by atoms with Crippen LogP contribution in [-0.2, 0) is 0 Å². The van der Waals surface area contributed by atoms with Crippen LogP contribution in [0.5, 0.6) is 0 Å². The van der Waals surface area contributed by atoms with Crippen molar-refractivity contribution in [3.63, 3.8) is 0 Å². The Balaban J connectivity index is 1.43. The van der Waals surface area contributed by atoms with Crippen molar-refractivity contribution in [1.29, 1.82) is 0 Å². The molecule has 0 saturated carbocycles. The summed E-state index contributed by atoms with van der Waals surface area (Å²) in [5.74, 6) is 0.997. The quantitative estimate of drug-likeness (QED) is 0.619. The standard InChI is InChI=1S/C18H26F2N4S/c1-21-18(23-11-15-3-2-8-25-15)22-10-13-6-7-24(12-13)14-4-5-16(19)17(20)9-14/h4-5,9,13,15H,2-3,6-8,10-12H2,1H3,(H2,21,22,23). The molecule has 25 heavy (non-hydrogen) atoms. The van der Waals surface area contributed by atoms with Gasteiger partial charge in [0.05, 0.1) is 0 Å². The van der Waals surface area contributed by atoms with Gasteiger partial charge in [-0.2, -0.15) is 11.8 Å². The monoisotopic (exact) mass is 368 g/mol. The molecule has 2 N–H and O–H groups in total. The second kappa shape index (κ2) is 8.74. The Hall–Kier alpha value is -1.50. The van der Waals surface area contributed by atoms with Gasteiger partial charge >= 0.3 is 0 Å². The van der Waals surface area contributed by atoms with E-state index in [0.717, 1.165) is 44.2 Å². The van der Waals surface area contributed by atoms with Gasteiger partial charge in [-0.25, -0.2) is 8.78 Å². The van der Waals surface area contributed by atoms with E-state index in [0.29, 0.717) is 11.2 Å². The fraction of sp³-hybridized carbons (Fsp3) is 0.611. The molecule has 2 atom stereocenters. The van der Waals surface area contributed by atoms with Crippen molar-refractivity contribution in [2.45, 2.75) is 24.5 Å². The number of hydrogen-bond donors (Lipinski definition) is 2. The van der Waals surface area contributed by atoms with Gasteiger partial charge in [0.2, 0.25) is 0 Å². The summed E-state index contributed by atoms with van der Waals surface area (Å²) in [5, 5.41) is 7.49. The van der Waals surface area contributed by atoms with E-state index in [1.807, 2.05) is 11.8 Å². The average Bonchev–Trinajstić information content (AvgIpc) is 3.29. The lowest BCUT2D eigenvalue weighted by molar-refractivity contribution is 0.508. The minimum atomic E-state index is -0.795. The van der Waals surface area contributed by atoms with Crippen LogP contribution < -0.4 is 15.5 Å². The predicted octanol–water partition coefficient (Wildman–Crippen LogP) is 2.85. The summed E-state index contributed by atoms with van der Waals surface area (Å²) >= 11 is 2.03. The second-order valence-corrected chi connectivity index (χ2v) is 8.08. The Kier molecular flexibility index (Phi) is 6.39. The van der Waals surface area contributed by atoms with E-state index < -0.39 is 11.6 Å². The summed E-state index contributed by atoms with van der Waals surface area (Å²) < 4.78 is 26.5. The molecular weight excluding hydrogens is 342 g/mol. The van der Waals surface area contributed by atoms with Gasteiger partial charge in [0.1, 0.15) is 0 Å². The smallest absolute Gasteiger partial charge is 0.191 e. The third kappa shape index (κ3) is 5.00. The lowest BCUT2D eigenvalue weighted by Crippen LogP contribution is -2.42. The number of guanidine groups is 1. The van der Waals surface area contributed by atoms with Gasteiger partial charge in [-0.15, -0.1) is 0 Å². The fourth-order valence-corrected chi connectivity index (χ4v) is 4.59. The van der Waals surface area contributed by atoms with E-state index in [2.05, 4.69) is 20.5 Å². The number of benzene rings is 1. The molecular formula is C18H26F2N4S. The minimum absolute atomic E-state index is 0.465. The number of nitrogens with one attached hydrogen (secondary N) is 2. The Morgan fingerprint density at radius 1 is 1.24 bits per heavy atom. The number of halogens is 2. The fourth-order valence-electron chi connectivity index (χ4n) is 3.39. The minimum Gasteiger partial charge on any atom is -0.371 e. The molecule has 0 amide bonds. The normalized spacial score (nSPS) is 24.0. The van der Waals surface area contributed by atoms with Gasteiger partial charge in [0.15, 0.2) is 17.6 Å². The topological polar surface area (TPSA) is 39.7 Å². The van der Waals surface area contributed by atoms with Crippen LogP contribution in [0.2, 0.25) is 0 Å². The van der Waals surface area contributed by atoms with E-state index in [1.165, 1.54) is 30.7 Å². The number of anilines is 1. The summed E-state index contributed by atoms with van der Waals surface area (Å²) in [6.07, 6.45) is 3.62. The van der Waals surface area contributed by atoms with E-state index in [-0.39, 0.29) is 0 Å². The van der Waals surface area contributed by atoms with Crippen molar-refractivity contribution >= 4 is 23.4 Å². The van der Waals surface area contributed by atoms with Crippen LogP contribution in [0.25, 0.3) is 0 Å². The first kappa shape index (κ1) is 18.3. The number of thioether (sulfide) groups is 1. The maximum Gasteiger partial charge on any atom is 0.191 e. The molecule has 2 fully saturated rings. The van der Waals surface area contributed by atoms with Gasteiger partial charge in [-0.1, -0.05) is 0 Å². The lowest BCUT2D eigenvalue weighted by Gasteiger charge is -2.20. The molecule has 2 aliphatic heterocycles. The Morgan fingerprint density at radius 3 is 2.80 bits per heavy atom. The largest absolute Gasteiger partial charge is 0.371 e. The molecule has 2 heterocycles. The SMILES string of the molecule is CN=C(NCC1CCN(c2ccc(F)c(F)c2)C1)NCC1CCCS1. The first-order chi connectivity index (χ1) is 12.2. The molecule has 138 valence electrons. The first-order valence-electron chi connectivity index (χ1n) is 8.92. The molecule has 2 saturated heterocycles. The van der Waals surface area contributed by atoms with Crippen LogP contribution in [0.4, 0.5) is 14.5 Å². The van der Waals surface area contributed by atoms with Gasteiger partial charge in [-0.05, 0) is 43.1 Å². The Labute approximate surface area is 152 Å². The summed E-state index contributed by atoms with van der Waals surface area (Å²) in [6, 6.07) is 4.13. The van der Waals surface area contributed by atoms with Crippen LogP contribution in [0.3, 0.4) is 0 Å². The van der Waals surface area contributed by atoms with Crippen LogP contribution in [0.15, 0.2) is 23.2 Å². The Bertz CT molecular complexity index is 605. The highest BCUT2D eigenvalue weighted by Gasteiger charge is 2.23. The number of nitrogens with zero attached hydrogens (tertiary/aromatic N) is 2. The summed E-state index contributed by atoms with van der Waals surface area (Å²) in [4.78, 5) is 6.40. The predicted molar refractivity (Wildman–Crippen MR) is 102 cm³/mol. The maximum absolute atomic E-state index is 13.4. The van der Waals surface area contributed by atoms with Gasteiger partial charge in [0, 0.05) is 50.2 Å². The molecule has 2 unspecified atom stereocenters. The molecule has 0 radical (unpaired) electrons. The van der Waals surface area contributed by atoms with Crippen molar-refractivity contribution in [3.05, 3.63) is 29.8 Å². The second-order valence-electron chi connectivity index (χ2n) is 6.67. The van der Waals surface area contributed by atoms with Crippen LogP contribution in [0.1, 0.15) is 19.3 Å². The van der Waals surface area contributed by atoms with E-state index in [1.54, 1.807) is 13.1 Å². The summed E-state index contributed by atoms with van der Waals surface area (Å²) in [6.45, 7) is 3.49. The third-order valence-electron chi connectivity index (χ3n) is 4.86. The summed E-state index contributed by atoms with van der Waals surface area (Å²) in [7, 11) is 1.79. The van der Waals surface area contributed by atoms with Gasteiger partial charge in [0.25, 0.3) is 0 Å². The van der Waals surface area contributed by atoms with Crippen molar-refractivity contribution < 1.29 is 8.78 Å². The Morgan fingerprint density at radius 2 is 2.08 bits per heavy atom. The average molecular weight is 368 g/mol. The zero-order valence-electron chi connectivity index (χ0n) is 14.6. The van der Waals surface area contributed by atoms with Crippen molar-refractivity contribution in [2.24, 2.45) is 10.9 Å². The summed E-state index contributed by atoms with van der Waals surface area (Å²) in [5.41, 5.74) is 0.752. The molecule has 2 aliphatic rings. The zero-order chi connectivity index (χ0) is 17.6. The van der Waals surface area contributed by atoms with E-state index >= 15 is 0 Å². The molecule has 0 spiro atoms. The van der Waals surface area contributed by atoms with Crippen molar-refractivity contribution in [3.8, 4) is 0 Å². The molecule has 7 heteroatoms. The maximum atomic E-state index is 13.4. The molecule has 4 nitrogen and oxygen atoms in total. The van der Waals surface area contributed by atoms with Gasteiger partial charge in [-0.3, -0.25) is 4.99 Å².